The minimum atomic E-state index is 0.190. The molecular weight excluding hydrogens is 282 g/mol. The first-order chi connectivity index (χ1) is 10.3. The number of hydrogen-bond acceptors (Lipinski definition) is 5. The molecule has 0 bridgehead atoms. The fraction of sp³-hybridized carbons (Fsp3) is 0.812. The number of nitrogens with one attached hydrogen (secondary N) is 1. The Morgan fingerprint density at radius 3 is 3.14 bits per heavy atom. The summed E-state index contributed by atoms with van der Waals surface area (Å²) in [6, 6.07) is 0.664. The van der Waals surface area contributed by atoms with Crippen molar-refractivity contribution in [2.24, 2.45) is 0 Å². The predicted molar refractivity (Wildman–Crippen MR) is 86.8 cm³/mol. The lowest BCUT2D eigenvalue weighted by molar-refractivity contribution is -0.0502. The van der Waals surface area contributed by atoms with Gasteiger partial charge in [0.25, 0.3) is 0 Å². The minimum absolute atomic E-state index is 0.190. The third kappa shape index (κ3) is 3.47. The van der Waals surface area contributed by atoms with Crippen LogP contribution in [0.2, 0.25) is 0 Å². The Morgan fingerprint density at radius 1 is 1.43 bits per heavy atom. The van der Waals surface area contributed by atoms with Crippen LogP contribution in [0.5, 0.6) is 0 Å². The first-order valence-electron chi connectivity index (χ1n) is 8.36. The van der Waals surface area contributed by atoms with Crippen LogP contribution in [0.15, 0.2) is 0 Å². The fourth-order valence-electron chi connectivity index (χ4n) is 3.32. The molecule has 1 N–H and O–H groups in total. The van der Waals surface area contributed by atoms with E-state index in [-0.39, 0.29) is 6.10 Å². The van der Waals surface area contributed by atoms with Gasteiger partial charge in [-0.2, -0.15) is 0 Å². The highest BCUT2D eigenvalue weighted by Crippen LogP contribution is 2.33. The van der Waals surface area contributed by atoms with Crippen molar-refractivity contribution in [1.29, 1.82) is 0 Å². The smallest absolute Gasteiger partial charge is 0.123 e. The number of fused-ring (bicyclic) bond motifs is 1. The molecule has 4 nitrogen and oxygen atoms in total. The van der Waals surface area contributed by atoms with E-state index >= 15 is 0 Å². The van der Waals surface area contributed by atoms with Crippen LogP contribution in [0.4, 0.5) is 0 Å². The summed E-state index contributed by atoms with van der Waals surface area (Å²) in [5.41, 5.74) is 1.28. The maximum absolute atomic E-state index is 6.11. The van der Waals surface area contributed by atoms with Gasteiger partial charge in [-0.3, -0.25) is 4.90 Å². The normalized spacial score (nSPS) is 26.2. The maximum atomic E-state index is 6.11. The van der Waals surface area contributed by atoms with Crippen LogP contribution in [0.3, 0.4) is 0 Å². The Morgan fingerprint density at radius 2 is 2.33 bits per heavy atom. The van der Waals surface area contributed by atoms with Gasteiger partial charge in [0.2, 0.25) is 0 Å². The van der Waals surface area contributed by atoms with Gasteiger partial charge in [0.05, 0.1) is 12.3 Å². The van der Waals surface area contributed by atoms with E-state index in [2.05, 4.69) is 24.1 Å². The van der Waals surface area contributed by atoms with Crippen molar-refractivity contribution >= 4 is 11.3 Å². The van der Waals surface area contributed by atoms with Crippen molar-refractivity contribution in [3.8, 4) is 0 Å². The molecule has 3 heterocycles. The molecule has 2 fully saturated rings. The Kier molecular flexibility index (Phi) is 5.27. The standard InChI is InChI=1S/C16H27N3OS/c1-3-6-13-15(9-17-4-2)21-16(18-13)14-10-19-8-5-7-12(19)11-20-14/h12,14,17H,3-11H2,1-2H3. The van der Waals surface area contributed by atoms with Gasteiger partial charge in [-0.1, -0.05) is 20.3 Å². The monoisotopic (exact) mass is 309 g/mol. The lowest BCUT2D eigenvalue weighted by Gasteiger charge is -2.34. The minimum Gasteiger partial charge on any atom is -0.368 e. The summed E-state index contributed by atoms with van der Waals surface area (Å²) in [4.78, 5) is 8.92. The molecule has 0 radical (unpaired) electrons. The second-order valence-corrected chi connectivity index (χ2v) is 7.18. The Hall–Kier alpha value is -0.490. The number of aryl methyl sites for hydroxylation is 1. The third-order valence-electron chi connectivity index (χ3n) is 4.48. The zero-order chi connectivity index (χ0) is 14.7. The van der Waals surface area contributed by atoms with Gasteiger partial charge >= 0.3 is 0 Å². The SMILES string of the molecule is CCCc1nc(C2CN3CCCC3CO2)sc1CNCC. The van der Waals surface area contributed by atoms with E-state index in [0.29, 0.717) is 6.04 Å². The number of ether oxygens (including phenoxy) is 1. The van der Waals surface area contributed by atoms with E-state index in [1.165, 1.54) is 35.0 Å². The van der Waals surface area contributed by atoms with Crippen molar-refractivity contribution in [2.75, 3.05) is 26.2 Å². The van der Waals surface area contributed by atoms with Crippen molar-refractivity contribution in [1.82, 2.24) is 15.2 Å². The van der Waals surface area contributed by atoms with Crippen molar-refractivity contribution in [2.45, 2.75) is 58.2 Å². The second kappa shape index (κ2) is 7.18. The number of nitrogens with zero attached hydrogens (tertiary/aromatic N) is 2. The molecule has 21 heavy (non-hydrogen) atoms. The molecule has 0 aliphatic carbocycles. The largest absolute Gasteiger partial charge is 0.368 e. The van der Waals surface area contributed by atoms with Gasteiger partial charge in [0.15, 0.2) is 0 Å². The summed E-state index contributed by atoms with van der Waals surface area (Å²) in [7, 11) is 0. The highest BCUT2D eigenvalue weighted by Gasteiger charge is 2.34. The molecule has 0 saturated carbocycles. The molecule has 5 heteroatoms. The second-order valence-electron chi connectivity index (χ2n) is 6.07. The lowest BCUT2D eigenvalue weighted by atomic mass is 10.2. The van der Waals surface area contributed by atoms with E-state index in [1.54, 1.807) is 0 Å². The first-order valence-corrected chi connectivity index (χ1v) is 9.18. The molecule has 118 valence electrons. The molecular formula is C16H27N3OS. The average molecular weight is 309 g/mol. The molecule has 0 spiro atoms. The van der Waals surface area contributed by atoms with Crippen LogP contribution in [-0.2, 0) is 17.7 Å². The zero-order valence-corrected chi connectivity index (χ0v) is 14.0. The van der Waals surface area contributed by atoms with E-state index in [9.17, 15) is 0 Å². The van der Waals surface area contributed by atoms with Crippen LogP contribution in [-0.4, -0.2) is 42.2 Å². The summed E-state index contributed by atoms with van der Waals surface area (Å²) >= 11 is 1.85. The summed E-state index contributed by atoms with van der Waals surface area (Å²) in [6.45, 7) is 9.49. The van der Waals surface area contributed by atoms with E-state index < -0.39 is 0 Å². The Bertz CT molecular complexity index is 462. The third-order valence-corrected chi connectivity index (χ3v) is 5.67. The number of rotatable bonds is 6. The molecule has 2 aliphatic heterocycles. The molecule has 2 unspecified atom stereocenters. The number of morpholine rings is 1. The number of hydrogen-bond donors (Lipinski definition) is 1. The fourth-order valence-corrected chi connectivity index (χ4v) is 4.44. The van der Waals surface area contributed by atoms with Crippen LogP contribution in [0.25, 0.3) is 0 Å². The summed E-state index contributed by atoms with van der Waals surface area (Å²) in [6.07, 6.45) is 5.05. The quantitative estimate of drug-likeness (QED) is 0.877. The molecule has 2 aliphatic rings. The lowest BCUT2D eigenvalue weighted by Crippen LogP contribution is -2.42. The van der Waals surface area contributed by atoms with Crippen LogP contribution in [0, 0.1) is 0 Å². The van der Waals surface area contributed by atoms with Gasteiger partial charge in [-0.15, -0.1) is 11.3 Å². The molecule has 3 rings (SSSR count). The van der Waals surface area contributed by atoms with Gasteiger partial charge in [-0.25, -0.2) is 4.98 Å². The average Bonchev–Trinajstić information content (AvgIpc) is 3.11. The topological polar surface area (TPSA) is 37.4 Å². The maximum Gasteiger partial charge on any atom is 0.123 e. The van der Waals surface area contributed by atoms with E-state index in [4.69, 9.17) is 9.72 Å². The number of aromatic nitrogens is 1. The molecule has 1 aromatic rings. The molecule has 0 amide bonds. The van der Waals surface area contributed by atoms with Gasteiger partial charge in [-0.05, 0) is 32.4 Å². The van der Waals surface area contributed by atoms with E-state index in [0.717, 1.165) is 39.1 Å². The summed E-state index contributed by atoms with van der Waals surface area (Å²) in [5.74, 6) is 0. The van der Waals surface area contributed by atoms with Crippen molar-refractivity contribution in [3.05, 3.63) is 15.6 Å². The molecule has 2 saturated heterocycles. The predicted octanol–water partition coefficient (Wildman–Crippen LogP) is 2.74. The van der Waals surface area contributed by atoms with Crippen molar-refractivity contribution < 1.29 is 4.74 Å². The highest BCUT2D eigenvalue weighted by molar-refractivity contribution is 7.11. The van der Waals surface area contributed by atoms with Crippen LogP contribution >= 0.6 is 11.3 Å². The summed E-state index contributed by atoms with van der Waals surface area (Å²) in [5, 5.41) is 4.63. The van der Waals surface area contributed by atoms with Crippen molar-refractivity contribution in [3.63, 3.8) is 0 Å². The molecule has 2 atom stereocenters. The zero-order valence-electron chi connectivity index (χ0n) is 13.2. The first kappa shape index (κ1) is 15.4. The Labute approximate surface area is 131 Å². The van der Waals surface area contributed by atoms with Gasteiger partial charge in [0.1, 0.15) is 11.1 Å². The molecule has 0 aromatic carbocycles. The van der Waals surface area contributed by atoms with Crippen LogP contribution < -0.4 is 5.32 Å². The molecule has 1 aromatic heterocycles. The number of thiazole rings is 1. The van der Waals surface area contributed by atoms with Gasteiger partial charge in [0, 0.05) is 24.0 Å². The summed E-state index contributed by atoms with van der Waals surface area (Å²) < 4.78 is 6.11. The highest BCUT2D eigenvalue weighted by atomic mass is 32.1. The van der Waals surface area contributed by atoms with Crippen LogP contribution in [0.1, 0.15) is 54.8 Å². The van der Waals surface area contributed by atoms with Gasteiger partial charge < -0.3 is 10.1 Å². The Balaban J connectivity index is 1.72. The van der Waals surface area contributed by atoms with E-state index in [1.807, 2.05) is 11.3 Å².